The Balaban J connectivity index is 3.20. The topological polar surface area (TPSA) is 75.7 Å². The highest BCUT2D eigenvalue weighted by Gasteiger charge is 2.23. The molecule has 0 saturated heterocycles. The summed E-state index contributed by atoms with van der Waals surface area (Å²) in [6.07, 6.45) is 0. The molecule has 0 radical (unpaired) electrons. The highest BCUT2D eigenvalue weighted by molar-refractivity contribution is 7.89. The number of hydrogen-bond donors (Lipinski definition) is 1. The van der Waals surface area contributed by atoms with E-state index in [0.717, 1.165) is 0 Å². The van der Waals surface area contributed by atoms with E-state index in [1.165, 1.54) is 22.5 Å². The number of halogens is 1. The highest BCUT2D eigenvalue weighted by atomic mass is 35.5. The SMILES string of the molecule is CCONC(=O)c1cc(S(=O)(=O)N(CC)CC)ccc1Cl. The molecular weight excluding hydrogens is 316 g/mol. The van der Waals surface area contributed by atoms with Crippen LogP contribution in [0.4, 0.5) is 0 Å². The van der Waals surface area contributed by atoms with E-state index in [1.807, 2.05) is 0 Å². The fraction of sp³-hybridized carbons (Fsp3) is 0.462. The lowest BCUT2D eigenvalue weighted by Crippen LogP contribution is -2.31. The van der Waals surface area contributed by atoms with E-state index in [1.54, 1.807) is 20.8 Å². The summed E-state index contributed by atoms with van der Waals surface area (Å²) >= 11 is 5.94. The third kappa shape index (κ3) is 4.16. The van der Waals surface area contributed by atoms with Crippen molar-refractivity contribution < 1.29 is 18.0 Å². The van der Waals surface area contributed by atoms with Crippen molar-refractivity contribution in [2.45, 2.75) is 25.7 Å². The molecule has 0 aliphatic carbocycles. The monoisotopic (exact) mass is 334 g/mol. The Morgan fingerprint density at radius 1 is 1.29 bits per heavy atom. The predicted octanol–water partition coefficient (Wildman–Crippen LogP) is 2.05. The van der Waals surface area contributed by atoms with Gasteiger partial charge in [0, 0.05) is 13.1 Å². The lowest BCUT2D eigenvalue weighted by molar-refractivity contribution is 0.0364. The van der Waals surface area contributed by atoms with Crippen molar-refractivity contribution in [3.63, 3.8) is 0 Å². The molecule has 1 aromatic rings. The van der Waals surface area contributed by atoms with Crippen LogP contribution in [0.1, 0.15) is 31.1 Å². The Bertz CT molecular complexity index is 600. The predicted molar refractivity (Wildman–Crippen MR) is 80.7 cm³/mol. The number of sulfonamides is 1. The molecule has 0 aliphatic heterocycles. The van der Waals surface area contributed by atoms with E-state index in [2.05, 4.69) is 5.48 Å². The van der Waals surface area contributed by atoms with Crippen molar-refractivity contribution in [1.29, 1.82) is 0 Å². The Labute approximate surface area is 130 Å². The van der Waals surface area contributed by atoms with Gasteiger partial charge in [0.1, 0.15) is 0 Å². The molecule has 0 saturated carbocycles. The molecule has 6 nitrogen and oxygen atoms in total. The van der Waals surface area contributed by atoms with E-state index in [-0.39, 0.29) is 15.5 Å². The fourth-order valence-corrected chi connectivity index (χ4v) is 3.43. The van der Waals surface area contributed by atoms with Crippen molar-refractivity contribution in [2.75, 3.05) is 19.7 Å². The van der Waals surface area contributed by atoms with Gasteiger partial charge in [-0.05, 0) is 25.1 Å². The first-order chi connectivity index (χ1) is 9.88. The van der Waals surface area contributed by atoms with Crippen LogP contribution in [-0.2, 0) is 14.9 Å². The van der Waals surface area contributed by atoms with E-state index >= 15 is 0 Å². The fourth-order valence-electron chi connectivity index (χ4n) is 1.74. The Morgan fingerprint density at radius 3 is 2.43 bits per heavy atom. The van der Waals surface area contributed by atoms with Crippen molar-refractivity contribution in [2.24, 2.45) is 0 Å². The average Bonchev–Trinajstić information content (AvgIpc) is 2.46. The quantitative estimate of drug-likeness (QED) is 0.774. The minimum absolute atomic E-state index is 0.0252. The normalized spacial score (nSPS) is 11.7. The number of nitrogens with one attached hydrogen (secondary N) is 1. The van der Waals surface area contributed by atoms with Gasteiger partial charge < -0.3 is 0 Å². The Morgan fingerprint density at radius 2 is 1.90 bits per heavy atom. The zero-order valence-corrected chi connectivity index (χ0v) is 13.8. The first kappa shape index (κ1) is 17.9. The molecule has 1 aromatic carbocycles. The van der Waals surface area contributed by atoms with Crippen LogP contribution in [0, 0.1) is 0 Å². The van der Waals surface area contributed by atoms with Crippen LogP contribution < -0.4 is 5.48 Å². The molecule has 1 N–H and O–H groups in total. The second kappa shape index (κ2) is 7.74. The largest absolute Gasteiger partial charge is 0.276 e. The summed E-state index contributed by atoms with van der Waals surface area (Å²) < 4.78 is 26.1. The summed E-state index contributed by atoms with van der Waals surface area (Å²) in [6, 6.07) is 4.02. The maximum atomic E-state index is 12.4. The molecular formula is C13H19ClN2O4S. The average molecular weight is 335 g/mol. The van der Waals surface area contributed by atoms with Gasteiger partial charge in [0.25, 0.3) is 5.91 Å². The van der Waals surface area contributed by atoms with E-state index < -0.39 is 15.9 Å². The number of nitrogens with zero attached hydrogens (tertiary/aromatic N) is 1. The van der Waals surface area contributed by atoms with Crippen LogP contribution in [-0.4, -0.2) is 38.3 Å². The Kier molecular flexibility index (Phi) is 6.60. The number of benzene rings is 1. The number of carbonyl (C=O) groups excluding carboxylic acids is 1. The van der Waals surface area contributed by atoms with Gasteiger partial charge in [0.05, 0.1) is 22.1 Å². The molecule has 8 heteroatoms. The van der Waals surface area contributed by atoms with Crippen LogP contribution in [0.15, 0.2) is 23.1 Å². The van der Waals surface area contributed by atoms with Gasteiger partial charge in [-0.15, -0.1) is 0 Å². The van der Waals surface area contributed by atoms with Crippen molar-refractivity contribution in [1.82, 2.24) is 9.79 Å². The highest BCUT2D eigenvalue weighted by Crippen LogP contribution is 2.23. The minimum Gasteiger partial charge on any atom is -0.274 e. The molecule has 1 rings (SSSR count). The summed E-state index contributed by atoms with van der Waals surface area (Å²) in [7, 11) is -3.64. The van der Waals surface area contributed by atoms with Gasteiger partial charge in [0.15, 0.2) is 0 Å². The maximum absolute atomic E-state index is 12.4. The van der Waals surface area contributed by atoms with Crippen LogP contribution >= 0.6 is 11.6 Å². The number of carbonyl (C=O) groups is 1. The first-order valence-corrected chi connectivity index (χ1v) is 8.42. The second-order valence-corrected chi connectivity index (χ2v) is 6.44. The standard InChI is InChI=1S/C13H19ClN2O4S/c1-4-16(5-2)21(18,19)10-7-8-12(14)11(9-10)13(17)15-20-6-3/h7-9H,4-6H2,1-3H3,(H,15,17). The molecule has 0 heterocycles. The number of amides is 1. The van der Waals surface area contributed by atoms with Gasteiger partial charge >= 0.3 is 0 Å². The summed E-state index contributed by atoms with van der Waals surface area (Å²) in [5, 5.41) is 0.158. The number of rotatable bonds is 7. The lowest BCUT2D eigenvalue weighted by Gasteiger charge is -2.19. The number of hydroxylamine groups is 1. The molecule has 0 unspecified atom stereocenters. The third-order valence-corrected chi connectivity index (χ3v) is 5.21. The molecule has 0 aliphatic rings. The molecule has 118 valence electrons. The molecule has 0 atom stereocenters. The summed E-state index contributed by atoms with van der Waals surface area (Å²) in [5.74, 6) is -0.585. The summed E-state index contributed by atoms with van der Waals surface area (Å²) in [6.45, 7) is 6.20. The van der Waals surface area contributed by atoms with E-state index in [4.69, 9.17) is 16.4 Å². The third-order valence-electron chi connectivity index (χ3n) is 2.83. The molecule has 0 spiro atoms. The van der Waals surface area contributed by atoms with Gasteiger partial charge in [-0.2, -0.15) is 4.31 Å². The Hall–Kier alpha value is -1.15. The van der Waals surface area contributed by atoms with Crippen LogP contribution in [0.3, 0.4) is 0 Å². The molecule has 0 fully saturated rings. The van der Waals surface area contributed by atoms with Crippen molar-refractivity contribution in [3.05, 3.63) is 28.8 Å². The minimum atomic E-state index is -3.64. The summed E-state index contributed by atoms with van der Waals surface area (Å²) in [5.41, 5.74) is 2.25. The zero-order valence-electron chi connectivity index (χ0n) is 12.2. The second-order valence-electron chi connectivity index (χ2n) is 4.10. The van der Waals surface area contributed by atoms with E-state index in [9.17, 15) is 13.2 Å². The first-order valence-electron chi connectivity index (χ1n) is 6.60. The smallest absolute Gasteiger partial charge is 0.274 e. The molecule has 0 bridgehead atoms. The summed E-state index contributed by atoms with van der Waals surface area (Å²) in [4.78, 5) is 16.7. The van der Waals surface area contributed by atoms with Gasteiger partial charge in [0.2, 0.25) is 10.0 Å². The number of hydrogen-bond acceptors (Lipinski definition) is 4. The van der Waals surface area contributed by atoms with Gasteiger partial charge in [-0.1, -0.05) is 25.4 Å². The lowest BCUT2D eigenvalue weighted by atomic mass is 10.2. The maximum Gasteiger partial charge on any atom is 0.276 e. The van der Waals surface area contributed by atoms with E-state index in [0.29, 0.717) is 19.7 Å². The van der Waals surface area contributed by atoms with Gasteiger partial charge in [-0.25, -0.2) is 13.9 Å². The molecule has 1 amide bonds. The van der Waals surface area contributed by atoms with Crippen LogP contribution in [0.25, 0.3) is 0 Å². The van der Waals surface area contributed by atoms with Crippen LogP contribution in [0.5, 0.6) is 0 Å². The zero-order chi connectivity index (χ0) is 16.0. The molecule has 21 heavy (non-hydrogen) atoms. The van der Waals surface area contributed by atoms with Gasteiger partial charge in [-0.3, -0.25) is 9.63 Å². The molecule has 0 aromatic heterocycles. The van der Waals surface area contributed by atoms with Crippen LogP contribution in [0.2, 0.25) is 5.02 Å². The van der Waals surface area contributed by atoms with Crippen molar-refractivity contribution >= 4 is 27.5 Å². The van der Waals surface area contributed by atoms with Crippen molar-refractivity contribution in [3.8, 4) is 0 Å².